The molecule has 2 N–H and O–H groups in total. The highest BCUT2D eigenvalue weighted by Crippen LogP contribution is 2.16. The van der Waals surface area contributed by atoms with E-state index < -0.39 is 5.97 Å². The Hall–Kier alpha value is -1.14. The monoisotopic (exact) mass is 269 g/mol. The number of carboxylic acid groups (broad SMARTS) is 1. The van der Waals surface area contributed by atoms with Gasteiger partial charge in [0.25, 0.3) is 0 Å². The molecular weight excluding hydrogens is 250 g/mol. The van der Waals surface area contributed by atoms with Crippen LogP contribution in [0.5, 0.6) is 0 Å². The molecular formula is C12H19N3O2S. The zero-order chi connectivity index (χ0) is 13.0. The third-order valence-electron chi connectivity index (χ3n) is 3.09. The van der Waals surface area contributed by atoms with Crippen LogP contribution >= 0.6 is 11.3 Å². The average Bonchev–Trinajstić information content (AvgIpc) is 2.96. The van der Waals surface area contributed by atoms with Crippen molar-refractivity contribution in [2.45, 2.75) is 19.8 Å². The molecule has 0 saturated carbocycles. The van der Waals surface area contributed by atoms with E-state index in [0.29, 0.717) is 11.0 Å². The van der Waals surface area contributed by atoms with Crippen molar-refractivity contribution in [3.63, 3.8) is 0 Å². The van der Waals surface area contributed by atoms with E-state index in [2.05, 4.69) is 22.1 Å². The summed E-state index contributed by atoms with van der Waals surface area (Å²) in [5.41, 5.74) is 0.120. The molecule has 1 unspecified atom stereocenters. The summed E-state index contributed by atoms with van der Waals surface area (Å²) in [4.78, 5) is 17.2. The highest BCUT2D eigenvalue weighted by molar-refractivity contribution is 7.13. The zero-order valence-corrected chi connectivity index (χ0v) is 11.4. The second-order valence-corrected chi connectivity index (χ2v) is 5.69. The van der Waals surface area contributed by atoms with Gasteiger partial charge in [0.05, 0.1) is 0 Å². The molecule has 1 aliphatic heterocycles. The molecule has 2 rings (SSSR count). The molecule has 6 heteroatoms. The van der Waals surface area contributed by atoms with Crippen molar-refractivity contribution >= 4 is 22.4 Å². The van der Waals surface area contributed by atoms with Gasteiger partial charge in [0.2, 0.25) is 0 Å². The highest BCUT2D eigenvalue weighted by atomic mass is 32.1. The summed E-state index contributed by atoms with van der Waals surface area (Å²) in [5.74, 6) is -0.426. The van der Waals surface area contributed by atoms with Gasteiger partial charge in [-0.05, 0) is 31.8 Å². The maximum atomic E-state index is 10.7. The van der Waals surface area contributed by atoms with Crippen molar-refractivity contribution < 1.29 is 9.90 Å². The maximum absolute atomic E-state index is 10.7. The Morgan fingerprint density at radius 3 is 2.94 bits per heavy atom. The van der Waals surface area contributed by atoms with Gasteiger partial charge in [-0.3, -0.25) is 0 Å². The molecule has 0 bridgehead atoms. The largest absolute Gasteiger partial charge is 0.476 e. The van der Waals surface area contributed by atoms with Crippen LogP contribution in [-0.4, -0.2) is 47.1 Å². The molecule has 1 aromatic heterocycles. The number of nitrogens with one attached hydrogen (secondary N) is 1. The van der Waals surface area contributed by atoms with Crippen molar-refractivity contribution in [2.24, 2.45) is 5.92 Å². The van der Waals surface area contributed by atoms with Gasteiger partial charge < -0.3 is 15.3 Å². The molecule has 0 aromatic carbocycles. The number of hydrogen-bond donors (Lipinski definition) is 2. The van der Waals surface area contributed by atoms with Crippen molar-refractivity contribution in [1.82, 2.24) is 9.88 Å². The summed E-state index contributed by atoms with van der Waals surface area (Å²) in [7, 11) is 0. The first-order valence-electron chi connectivity index (χ1n) is 6.30. The highest BCUT2D eigenvalue weighted by Gasteiger charge is 2.15. The summed E-state index contributed by atoms with van der Waals surface area (Å²) >= 11 is 1.35. The Labute approximate surface area is 111 Å². The summed E-state index contributed by atoms with van der Waals surface area (Å²) in [6, 6.07) is 0. The number of carbonyl (C=O) groups is 1. The fourth-order valence-corrected chi connectivity index (χ4v) is 2.88. The summed E-state index contributed by atoms with van der Waals surface area (Å²) in [6.07, 6.45) is 2.63. The predicted octanol–water partition coefficient (Wildman–Crippen LogP) is 1.99. The first-order valence-corrected chi connectivity index (χ1v) is 7.18. The summed E-state index contributed by atoms with van der Waals surface area (Å²) < 4.78 is 0. The van der Waals surface area contributed by atoms with Crippen LogP contribution in [0.1, 0.15) is 30.3 Å². The minimum absolute atomic E-state index is 0.120. The van der Waals surface area contributed by atoms with Crippen molar-refractivity contribution in [3.05, 3.63) is 11.1 Å². The lowest BCUT2D eigenvalue weighted by Gasteiger charge is -2.20. The molecule has 1 aromatic rings. The Morgan fingerprint density at radius 1 is 1.61 bits per heavy atom. The van der Waals surface area contributed by atoms with Gasteiger partial charge in [-0.1, -0.05) is 6.92 Å². The van der Waals surface area contributed by atoms with Crippen LogP contribution in [0.25, 0.3) is 0 Å². The minimum Gasteiger partial charge on any atom is -0.476 e. The molecule has 0 amide bonds. The fraction of sp³-hybridized carbons (Fsp3) is 0.667. The van der Waals surface area contributed by atoms with Crippen LogP contribution in [-0.2, 0) is 0 Å². The molecule has 0 spiro atoms. The number of likely N-dealkylation sites (tertiary alicyclic amines) is 1. The first-order chi connectivity index (χ1) is 8.65. The van der Waals surface area contributed by atoms with E-state index >= 15 is 0 Å². The fourth-order valence-electron chi connectivity index (χ4n) is 2.19. The van der Waals surface area contributed by atoms with Crippen LogP contribution < -0.4 is 5.32 Å². The Morgan fingerprint density at radius 2 is 2.33 bits per heavy atom. The van der Waals surface area contributed by atoms with Crippen LogP contribution in [0.3, 0.4) is 0 Å². The van der Waals surface area contributed by atoms with E-state index in [0.717, 1.165) is 13.1 Å². The molecule has 1 aliphatic rings. The lowest BCUT2D eigenvalue weighted by Crippen LogP contribution is -2.28. The third kappa shape index (κ3) is 3.68. The van der Waals surface area contributed by atoms with Crippen LogP contribution in [0, 0.1) is 5.92 Å². The van der Waals surface area contributed by atoms with E-state index in [1.807, 2.05) is 0 Å². The second-order valence-electron chi connectivity index (χ2n) is 4.84. The van der Waals surface area contributed by atoms with Gasteiger partial charge in [0.15, 0.2) is 10.8 Å². The molecule has 1 saturated heterocycles. The number of aromatic carboxylic acids is 1. The quantitative estimate of drug-likeness (QED) is 0.826. The van der Waals surface area contributed by atoms with Crippen LogP contribution in [0.15, 0.2) is 5.38 Å². The molecule has 18 heavy (non-hydrogen) atoms. The minimum atomic E-state index is -0.968. The molecule has 1 fully saturated rings. The van der Waals surface area contributed by atoms with Crippen LogP contribution in [0.4, 0.5) is 5.13 Å². The number of rotatable bonds is 6. The average molecular weight is 269 g/mol. The van der Waals surface area contributed by atoms with Gasteiger partial charge >= 0.3 is 5.97 Å². The van der Waals surface area contributed by atoms with Crippen molar-refractivity contribution in [2.75, 3.05) is 31.5 Å². The van der Waals surface area contributed by atoms with Gasteiger partial charge in [0.1, 0.15) is 0 Å². The predicted molar refractivity (Wildman–Crippen MR) is 72.4 cm³/mol. The molecule has 100 valence electrons. The zero-order valence-electron chi connectivity index (χ0n) is 10.6. The standard InChI is InChI=1S/C12H19N3O2S/c1-9(7-15-4-2-3-5-15)6-13-12-14-10(8-18-12)11(16)17/h8-9H,2-7H2,1H3,(H,13,14)(H,16,17). The molecule has 5 nitrogen and oxygen atoms in total. The van der Waals surface area contributed by atoms with E-state index in [9.17, 15) is 4.79 Å². The van der Waals surface area contributed by atoms with Gasteiger partial charge in [-0.2, -0.15) is 0 Å². The van der Waals surface area contributed by atoms with Gasteiger partial charge in [-0.25, -0.2) is 9.78 Å². The van der Waals surface area contributed by atoms with E-state index in [-0.39, 0.29) is 5.69 Å². The van der Waals surface area contributed by atoms with Gasteiger partial charge in [-0.15, -0.1) is 11.3 Å². The number of thiazole rings is 1. The maximum Gasteiger partial charge on any atom is 0.355 e. The van der Waals surface area contributed by atoms with E-state index in [1.165, 1.54) is 37.3 Å². The van der Waals surface area contributed by atoms with Crippen molar-refractivity contribution in [3.8, 4) is 0 Å². The molecule has 2 heterocycles. The van der Waals surface area contributed by atoms with Crippen LogP contribution in [0.2, 0.25) is 0 Å². The van der Waals surface area contributed by atoms with E-state index in [4.69, 9.17) is 5.11 Å². The molecule has 1 atom stereocenters. The lowest BCUT2D eigenvalue weighted by molar-refractivity contribution is 0.0691. The number of anilines is 1. The Balaban J connectivity index is 1.74. The normalized spacial score (nSPS) is 17.8. The number of carboxylic acids is 1. The summed E-state index contributed by atoms with van der Waals surface area (Å²) in [5, 5.41) is 14.2. The Kier molecular flexibility index (Phi) is 4.54. The SMILES string of the molecule is CC(CNc1nc(C(=O)O)cs1)CN1CCCC1. The Bertz CT molecular complexity index is 402. The van der Waals surface area contributed by atoms with E-state index in [1.54, 1.807) is 5.38 Å². The topological polar surface area (TPSA) is 65.5 Å². The first kappa shape index (κ1) is 13.3. The number of hydrogen-bond acceptors (Lipinski definition) is 5. The molecule has 0 aliphatic carbocycles. The lowest BCUT2D eigenvalue weighted by atomic mass is 10.2. The number of aromatic nitrogens is 1. The smallest absolute Gasteiger partial charge is 0.355 e. The third-order valence-corrected chi connectivity index (χ3v) is 3.89. The second kappa shape index (κ2) is 6.15. The van der Waals surface area contributed by atoms with Crippen molar-refractivity contribution in [1.29, 1.82) is 0 Å². The number of nitrogens with zero attached hydrogens (tertiary/aromatic N) is 2. The molecule has 0 radical (unpaired) electrons. The summed E-state index contributed by atoms with van der Waals surface area (Å²) in [6.45, 7) is 6.57. The van der Waals surface area contributed by atoms with Gasteiger partial charge in [0, 0.05) is 18.5 Å².